The molecule has 1 unspecified atom stereocenters. The van der Waals surface area contributed by atoms with Gasteiger partial charge in [-0.3, -0.25) is 5.09 Å². The highest BCUT2D eigenvalue weighted by atomic mass is 31.2. The third kappa shape index (κ3) is 8.36. The lowest BCUT2D eigenvalue weighted by atomic mass is 10.5. The quantitative estimate of drug-likeness (QED) is 0.471. The van der Waals surface area contributed by atoms with E-state index in [4.69, 9.17) is 20.4 Å². The second-order valence-corrected chi connectivity index (χ2v) is 3.65. The van der Waals surface area contributed by atoms with Crippen LogP contribution in [0, 0.1) is 11.3 Å². The highest BCUT2D eigenvalue weighted by molar-refractivity contribution is 7.44. The van der Waals surface area contributed by atoms with Gasteiger partial charge in [0.2, 0.25) is 0 Å². The molecule has 0 fully saturated rings. The van der Waals surface area contributed by atoms with Gasteiger partial charge in [-0.25, -0.2) is 0 Å². The monoisotopic (exact) mass is 221 g/mol. The number of nitrogens with one attached hydrogen (secondary N) is 1. The molecule has 5 nitrogen and oxygen atoms in total. The highest BCUT2D eigenvalue weighted by Gasteiger charge is 2.06. The Kier molecular flexibility index (Phi) is 9.16. The fourth-order valence-corrected chi connectivity index (χ4v) is 1.45. The van der Waals surface area contributed by atoms with Crippen LogP contribution in [0.4, 0.5) is 0 Å². The van der Waals surface area contributed by atoms with Gasteiger partial charge >= 0.3 is 0 Å². The van der Waals surface area contributed by atoms with E-state index in [1.54, 1.807) is 7.05 Å². The molecule has 1 N–H and O–H groups in total. The third-order valence-corrected chi connectivity index (χ3v) is 2.38. The van der Waals surface area contributed by atoms with Crippen LogP contribution in [0.15, 0.2) is 0 Å². The number of nitrogens with zero attached hydrogens (tertiary/aromatic N) is 1. The minimum absolute atomic E-state index is 0.263. The maximum Gasteiger partial charge on any atom is 0.255 e. The van der Waals surface area contributed by atoms with E-state index in [1.807, 2.05) is 6.07 Å². The van der Waals surface area contributed by atoms with Crippen LogP contribution in [0.5, 0.6) is 0 Å². The van der Waals surface area contributed by atoms with Crippen LogP contribution in [0.3, 0.4) is 0 Å². The third-order valence-electron chi connectivity index (χ3n) is 1.19. The van der Waals surface area contributed by atoms with Crippen LogP contribution in [-0.4, -0.2) is 33.5 Å². The van der Waals surface area contributed by atoms with Gasteiger partial charge < -0.3 is 13.8 Å². The fraction of sp³-hybridized carbons (Fsp3) is 0.875. The first kappa shape index (κ1) is 11.8. The Balaban J connectivity index is 3.32. The predicted octanol–water partition coefficient (Wildman–Crippen LogP) is 1.42. The molecule has 0 aromatic carbocycles. The molecule has 1 atom stereocenters. The minimum atomic E-state index is -1.12. The zero-order valence-corrected chi connectivity index (χ0v) is 9.26. The summed E-state index contributed by atoms with van der Waals surface area (Å²) >= 11 is 0. The lowest BCUT2D eigenvalue weighted by Gasteiger charge is -2.14. The van der Waals surface area contributed by atoms with Gasteiger partial charge in [0, 0.05) is 7.98 Å². The summed E-state index contributed by atoms with van der Waals surface area (Å²) < 4.78 is 22.5. The maximum atomic E-state index is 8.30. The van der Waals surface area contributed by atoms with Crippen molar-refractivity contribution in [1.29, 1.82) is 5.26 Å². The van der Waals surface area contributed by atoms with Gasteiger partial charge in [-0.2, -0.15) is 5.26 Å². The van der Waals surface area contributed by atoms with Crippen LogP contribution in [0.2, 0.25) is 0 Å². The molecule has 0 aromatic rings. The van der Waals surface area contributed by atoms with Crippen molar-refractivity contribution < 1.29 is 15.2 Å². The van der Waals surface area contributed by atoms with Crippen molar-refractivity contribution in [2.24, 2.45) is 0 Å². The Morgan fingerprint density at radius 1 is 1.43 bits per heavy atom. The Hall–Kier alpha value is -0.240. The Bertz CT molecular complexity index is 180. The molecule has 6 heteroatoms. The van der Waals surface area contributed by atoms with Gasteiger partial charge in [0.1, 0.15) is 0 Å². The summed E-state index contributed by atoms with van der Waals surface area (Å²) in [5.41, 5.74) is 0. The van der Waals surface area contributed by atoms with Crippen LogP contribution >= 0.6 is 8.53 Å². The summed E-state index contributed by atoms with van der Waals surface area (Å²) in [6, 6.07) is 1.99. The van der Waals surface area contributed by atoms with E-state index in [9.17, 15) is 0 Å². The Morgan fingerprint density at radius 3 is 2.86 bits per heavy atom. The molecule has 0 heterocycles. The Labute approximate surface area is 87.7 Å². The van der Waals surface area contributed by atoms with E-state index in [1.165, 1.54) is 0 Å². The zero-order valence-electron chi connectivity index (χ0n) is 9.36. The normalized spacial score (nSPS) is 13.3. The first-order chi connectivity index (χ1) is 7.35. The zero-order chi connectivity index (χ0) is 11.4. The molecule has 0 aliphatic carbocycles. The molecule has 82 valence electrons. The van der Waals surface area contributed by atoms with E-state index in [0.717, 1.165) is 0 Å². The molecule has 0 bridgehead atoms. The fourth-order valence-electron chi connectivity index (χ4n) is 0.622. The molecular weight excluding hydrogens is 203 g/mol. The van der Waals surface area contributed by atoms with E-state index >= 15 is 0 Å². The van der Waals surface area contributed by atoms with Gasteiger partial charge in [-0.1, -0.05) is 0 Å². The summed E-state index contributed by atoms with van der Waals surface area (Å²) in [7, 11) is 0.620. The smallest absolute Gasteiger partial charge is 0.255 e. The van der Waals surface area contributed by atoms with Crippen molar-refractivity contribution in [3.05, 3.63) is 0 Å². The lowest BCUT2D eigenvalue weighted by Crippen LogP contribution is -2.09. The number of nitriles is 1. The second kappa shape index (κ2) is 10.8. The average Bonchev–Trinajstić information content (AvgIpc) is 2.26. The minimum Gasteiger partial charge on any atom is -0.379 e. The molecule has 0 spiro atoms. The summed E-state index contributed by atoms with van der Waals surface area (Å²) in [4.78, 5) is 0. The first-order valence-electron chi connectivity index (χ1n) is 5.03. The molecular formula is C8H17N2O3P. The SMILES string of the molecule is [2H]CCOCCOP(NC)OCCC#N. The molecule has 0 saturated heterocycles. The van der Waals surface area contributed by atoms with Crippen molar-refractivity contribution in [3.63, 3.8) is 0 Å². The van der Waals surface area contributed by atoms with Crippen LogP contribution in [0.25, 0.3) is 0 Å². The Morgan fingerprint density at radius 2 is 2.21 bits per heavy atom. The van der Waals surface area contributed by atoms with Crippen LogP contribution < -0.4 is 5.09 Å². The number of ether oxygens (including phenoxy) is 1. The highest BCUT2D eigenvalue weighted by Crippen LogP contribution is 2.32. The van der Waals surface area contributed by atoms with Crippen molar-refractivity contribution >= 4 is 8.53 Å². The summed E-state index contributed by atoms with van der Waals surface area (Å²) in [6.07, 6.45) is 0.360. The van der Waals surface area contributed by atoms with Crippen LogP contribution in [-0.2, 0) is 13.8 Å². The van der Waals surface area contributed by atoms with Gasteiger partial charge in [-0.05, 0) is 13.9 Å². The van der Waals surface area contributed by atoms with Crippen LogP contribution in [0.1, 0.15) is 14.7 Å². The summed E-state index contributed by atoms with van der Waals surface area (Å²) in [5, 5.41) is 11.2. The van der Waals surface area contributed by atoms with E-state index in [0.29, 0.717) is 32.8 Å². The van der Waals surface area contributed by atoms with Crippen molar-refractivity contribution in [2.45, 2.75) is 13.3 Å². The molecule has 0 amide bonds. The van der Waals surface area contributed by atoms with Gasteiger partial charge in [0.25, 0.3) is 8.53 Å². The predicted molar refractivity (Wildman–Crippen MR) is 54.6 cm³/mol. The summed E-state index contributed by atoms with van der Waals surface area (Å²) in [6.45, 7) is 1.95. The van der Waals surface area contributed by atoms with Crippen molar-refractivity contribution in [2.75, 3.05) is 33.5 Å². The van der Waals surface area contributed by atoms with Crippen molar-refractivity contribution in [1.82, 2.24) is 5.09 Å². The van der Waals surface area contributed by atoms with E-state index in [-0.39, 0.29) is 6.90 Å². The van der Waals surface area contributed by atoms with Gasteiger partial charge in [-0.15, -0.1) is 0 Å². The largest absolute Gasteiger partial charge is 0.379 e. The first-order valence-corrected chi connectivity index (χ1v) is 5.50. The number of hydrogen-bond donors (Lipinski definition) is 1. The maximum absolute atomic E-state index is 8.30. The molecule has 14 heavy (non-hydrogen) atoms. The molecule has 0 aliphatic heterocycles. The van der Waals surface area contributed by atoms with Crippen molar-refractivity contribution in [3.8, 4) is 6.07 Å². The standard InChI is InChI=1S/C8H17N2O3P/c1-3-11-7-8-13-14(10-2)12-6-4-5-9/h10H,3-4,6-8H2,1-2H3/i1D. The van der Waals surface area contributed by atoms with E-state index < -0.39 is 8.53 Å². The van der Waals surface area contributed by atoms with Gasteiger partial charge in [0.05, 0.1) is 32.3 Å². The number of rotatable bonds is 9. The molecule has 0 aliphatic rings. The molecule has 0 saturated carbocycles. The van der Waals surface area contributed by atoms with E-state index in [2.05, 4.69) is 5.09 Å². The number of hydrogen-bond acceptors (Lipinski definition) is 5. The van der Waals surface area contributed by atoms with Gasteiger partial charge in [0.15, 0.2) is 0 Å². The molecule has 0 rings (SSSR count). The topological polar surface area (TPSA) is 63.5 Å². The average molecular weight is 221 g/mol. The summed E-state index contributed by atoms with van der Waals surface area (Å²) in [5.74, 6) is 0. The molecule has 0 aromatic heterocycles. The molecule has 0 radical (unpaired) electrons. The second-order valence-electron chi connectivity index (χ2n) is 2.17. The lowest BCUT2D eigenvalue weighted by molar-refractivity contribution is 0.106.